The van der Waals surface area contributed by atoms with Crippen molar-refractivity contribution in [2.24, 2.45) is 4.99 Å². The summed E-state index contributed by atoms with van der Waals surface area (Å²) in [4.78, 5) is 8.84. The zero-order valence-corrected chi connectivity index (χ0v) is 16.6. The van der Waals surface area contributed by atoms with Crippen LogP contribution in [0.4, 0.5) is 0 Å². The zero-order chi connectivity index (χ0) is 19.9. The summed E-state index contributed by atoms with van der Waals surface area (Å²) in [6, 6.07) is 13.4. The average molecular weight is 381 g/mol. The third-order valence-corrected chi connectivity index (χ3v) is 4.65. The van der Waals surface area contributed by atoms with Crippen LogP contribution in [-0.2, 0) is 13.1 Å². The Balaban J connectivity index is 1.50. The number of methoxy groups -OCH3 is 1. The molecule has 0 spiro atoms. The Kier molecular flexibility index (Phi) is 6.37. The number of ether oxygens (including phenoxy) is 1. The number of aliphatic imine (C=N–C) groups is 1. The fraction of sp³-hybridized carbons (Fsp3) is 0.333. The molecule has 3 aromatic rings. The van der Waals surface area contributed by atoms with E-state index in [1.807, 2.05) is 31.2 Å². The van der Waals surface area contributed by atoms with Crippen LogP contribution in [0.5, 0.6) is 11.5 Å². The van der Waals surface area contributed by atoms with Crippen molar-refractivity contribution in [1.29, 1.82) is 0 Å². The number of aryl methyl sites for hydroxylation is 2. The number of imidazole rings is 1. The summed E-state index contributed by atoms with van der Waals surface area (Å²) in [5.41, 5.74) is 2.95. The van der Waals surface area contributed by atoms with Gasteiger partial charge in [0.25, 0.3) is 0 Å². The summed E-state index contributed by atoms with van der Waals surface area (Å²) in [5.74, 6) is 2.65. The van der Waals surface area contributed by atoms with Crippen LogP contribution in [0.25, 0.3) is 11.0 Å². The van der Waals surface area contributed by atoms with Gasteiger partial charge in [0.1, 0.15) is 17.3 Å². The second kappa shape index (κ2) is 9.12. The molecule has 0 aliphatic rings. The highest BCUT2D eigenvalue weighted by atomic mass is 16.5. The molecule has 0 amide bonds. The van der Waals surface area contributed by atoms with Crippen LogP contribution in [0.3, 0.4) is 0 Å². The first-order valence-electron chi connectivity index (χ1n) is 9.34. The van der Waals surface area contributed by atoms with Gasteiger partial charge in [-0.25, -0.2) is 4.98 Å². The monoisotopic (exact) mass is 381 g/mol. The van der Waals surface area contributed by atoms with E-state index in [9.17, 15) is 5.11 Å². The van der Waals surface area contributed by atoms with E-state index < -0.39 is 0 Å². The third kappa shape index (κ3) is 4.54. The minimum Gasteiger partial charge on any atom is -0.508 e. The fourth-order valence-corrected chi connectivity index (χ4v) is 3.15. The smallest absolute Gasteiger partial charge is 0.191 e. The molecule has 1 aromatic heterocycles. The number of benzene rings is 2. The molecule has 0 fully saturated rings. The first kappa shape index (κ1) is 19.5. The summed E-state index contributed by atoms with van der Waals surface area (Å²) in [7, 11) is 3.34. The van der Waals surface area contributed by atoms with Crippen molar-refractivity contribution >= 4 is 17.0 Å². The number of fused-ring (bicyclic) bond motifs is 1. The maximum atomic E-state index is 9.98. The van der Waals surface area contributed by atoms with Gasteiger partial charge >= 0.3 is 0 Å². The number of hydrogen-bond donors (Lipinski definition) is 3. The van der Waals surface area contributed by atoms with Crippen molar-refractivity contribution in [3.8, 4) is 11.5 Å². The van der Waals surface area contributed by atoms with E-state index in [0.29, 0.717) is 18.3 Å². The Morgan fingerprint density at radius 1 is 1.21 bits per heavy atom. The number of aromatic hydroxyl groups is 1. The molecule has 0 saturated carbocycles. The number of para-hydroxylation sites is 2. The van der Waals surface area contributed by atoms with Crippen molar-refractivity contribution in [2.45, 2.75) is 26.4 Å². The van der Waals surface area contributed by atoms with Gasteiger partial charge in [-0.2, -0.15) is 0 Å². The van der Waals surface area contributed by atoms with Gasteiger partial charge in [0, 0.05) is 32.2 Å². The SMILES string of the molecule is CN=C(NCCCn1c(C)nc2ccccc21)NCc1cc(OC)ccc1O. The lowest BCUT2D eigenvalue weighted by Crippen LogP contribution is -2.37. The molecule has 0 bridgehead atoms. The largest absolute Gasteiger partial charge is 0.508 e. The number of nitrogens with zero attached hydrogens (tertiary/aromatic N) is 3. The summed E-state index contributed by atoms with van der Waals surface area (Å²) < 4.78 is 7.44. The Morgan fingerprint density at radius 3 is 2.82 bits per heavy atom. The standard InChI is InChI=1S/C21H27N5O2/c1-15-25-18-7-4-5-8-19(18)26(15)12-6-11-23-21(22-2)24-14-16-13-17(28-3)9-10-20(16)27/h4-5,7-10,13,27H,6,11-12,14H2,1-3H3,(H2,22,23,24). The minimum absolute atomic E-state index is 0.228. The molecule has 2 aromatic carbocycles. The van der Waals surface area contributed by atoms with Gasteiger partial charge in [0.15, 0.2) is 5.96 Å². The van der Waals surface area contributed by atoms with Crippen LogP contribution in [0, 0.1) is 6.92 Å². The van der Waals surface area contributed by atoms with Crippen LogP contribution in [0.1, 0.15) is 17.8 Å². The summed E-state index contributed by atoms with van der Waals surface area (Å²) in [6.45, 7) is 4.14. The molecule has 148 valence electrons. The molecular weight excluding hydrogens is 354 g/mol. The molecule has 3 N–H and O–H groups in total. The van der Waals surface area contributed by atoms with Crippen molar-refractivity contribution < 1.29 is 9.84 Å². The van der Waals surface area contributed by atoms with Crippen LogP contribution >= 0.6 is 0 Å². The van der Waals surface area contributed by atoms with E-state index >= 15 is 0 Å². The maximum Gasteiger partial charge on any atom is 0.191 e. The first-order valence-corrected chi connectivity index (χ1v) is 9.34. The Hall–Kier alpha value is -3.22. The van der Waals surface area contributed by atoms with Gasteiger partial charge in [0.05, 0.1) is 18.1 Å². The van der Waals surface area contributed by atoms with E-state index in [1.165, 1.54) is 0 Å². The summed E-state index contributed by atoms with van der Waals surface area (Å²) in [5, 5.41) is 16.5. The molecule has 0 saturated heterocycles. The first-order chi connectivity index (χ1) is 13.6. The maximum absolute atomic E-state index is 9.98. The molecule has 0 aliphatic heterocycles. The van der Waals surface area contributed by atoms with Crippen molar-refractivity contribution in [3.05, 3.63) is 53.9 Å². The Labute approximate surface area is 165 Å². The number of phenols is 1. The lowest BCUT2D eigenvalue weighted by molar-refractivity contribution is 0.410. The van der Waals surface area contributed by atoms with Gasteiger partial charge < -0.3 is 25.0 Å². The number of phenolic OH excluding ortho intramolecular Hbond substituents is 1. The highest BCUT2D eigenvalue weighted by Gasteiger charge is 2.07. The molecular formula is C21H27N5O2. The molecule has 0 unspecified atom stereocenters. The van der Waals surface area contributed by atoms with E-state index in [0.717, 1.165) is 41.9 Å². The van der Waals surface area contributed by atoms with Crippen molar-refractivity contribution in [2.75, 3.05) is 20.7 Å². The predicted octanol–water partition coefficient (Wildman–Crippen LogP) is 2.81. The number of hydrogen-bond acceptors (Lipinski definition) is 4. The molecule has 7 nitrogen and oxygen atoms in total. The Morgan fingerprint density at radius 2 is 2.04 bits per heavy atom. The lowest BCUT2D eigenvalue weighted by Gasteiger charge is -2.14. The second-order valence-electron chi connectivity index (χ2n) is 6.50. The normalized spacial score (nSPS) is 11.6. The van der Waals surface area contributed by atoms with Crippen LogP contribution < -0.4 is 15.4 Å². The molecule has 1 heterocycles. The molecule has 0 aliphatic carbocycles. The van der Waals surface area contributed by atoms with Crippen molar-refractivity contribution in [3.63, 3.8) is 0 Å². The van der Waals surface area contributed by atoms with Crippen LogP contribution in [0.2, 0.25) is 0 Å². The molecule has 7 heteroatoms. The van der Waals surface area contributed by atoms with Crippen LogP contribution in [0.15, 0.2) is 47.5 Å². The highest BCUT2D eigenvalue weighted by molar-refractivity contribution is 5.79. The fourth-order valence-electron chi connectivity index (χ4n) is 3.15. The molecule has 0 atom stereocenters. The van der Waals surface area contributed by atoms with Gasteiger partial charge in [-0.15, -0.1) is 0 Å². The van der Waals surface area contributed by atoms with E-state index in [1.54, 1.807) is 26.3 Å². The summed E-state index contributed by atoms with van der Waals surface area (Å²) in [6.07, 6.45) is 0.937. The van der Waals surface area contributed by atoms with E-state index in [4.69, 9.17) is 4.74 Å². The van der Waals surface area contributed by atoms with Gasteiger partial charge in [0.2, 0.25) is 0 Å². The molecule has 0 radical (unpaired) electrons. The van der Waals surface area contributed by atoms with Gasteiger partial charge in [-0.3, -0.25) is 4.99 Å². The second-order valence-corrected chi connectivity index (χ2v) is 6.50. The average Bonchev–Trinajstić information content (AvgIpc) is 3.03. The minimum atomic E-state index is 0.228. The number of rotatable bonds is 7. The van der Waals surface area contributed by atoms with E-state index in [-0.39, 0.29) is 5.75 Å². The van der Waals surface area contributed by atoms with E-state index in [2.05, 4.69) is 31.2 Å². The molecule has 3 rings (SSSR count). The molecule has 28 heavy (non-hydrogen) atoms. The number of aromatic nitrogens is 2. The summed E-state index contributed by atoms with van der Waals surface area (Å²) >= 11 is 0. The number of nitrogens with one attached hydrogen (secondary N) is 2. The Bertz CT molecular complexity index is 965. The lowest BCUT2D eigenvalue weighted by atomic mass is 10.2. The third-order valence-electron chi connectivity index (χ3n) is 4.65. The number of guanidine groups is 1. The topological polar surface area (TPSA) is 83.7 Å². The van der Waals surface area contributed by atoms with Crippen molar-refractivity contribution in [1.82, 2.24) is 20.2 Å². The highest BCUT2D eigenvalue weighted by Crippen LogP contribution is 2.22. The zero-order valence-electron chi connectivity index (χ0n) is 16.6. The quantitative estimate of drug-likeness (QED) is 0.333. The van der Waals surface area contributed by atoms with Gasteiger partial charge in [-0.05, 0) is 43.7 Å². The van der Waals surface area contributed by atoms with Crippen LogP contribution in [-0.4, -0.2) is 41.3 Å². The van der Waals surface area contributed by atoms with Gasteiger partial charge in [-0.1, -0.05) is 12.1 Å². The predicted molar refractivity (Wildman–Crippen MR) is 112 cm³/mol.